The number of benzene rings is 1. The first-order valence-corrected chi connectivity index (χ1v) is 5.93. The fourth-order valence-corrected chi connectivity index (χ4v) is 1.46. The van der Waals surface area contributed by atoms with E-state index in [0.717, 1.165) is 5.56 Å². The predicted molar refractivity (Wildman–Crippen MR) is 65.4 cm³/mol. The fourth-order valence-electron chi connectivity index (χ4n) is 1.46. The van der Waals surface area contributed by atoms with E-state index in [4.69, 9.17) is 9.47 Å². The van der Waals surface area contributed by atoms with Gasteiger partial charge in [-0.1, -0.05) is 37.3 Å². The van der Waals surface area contributed by atoms with Crippen molar-refractivity contribution in [2.75, 3.05) is 13.2 Å². The van der Waals surface area contributed by atoms with Crippen molar-refractivity contribution in [3.63, 3.8) is 0 Å². The molecule has 1 aromatic rings. The Balaban J connectivity index is 2.91. The Hall–Kier alpha value is -1.97. The third-order valence-corrected chi connectivity index (χ3v) is 2.27. The second-order valence-electron chi connectivity index (χ2n) is 3.58. The lowest BCUT2D eigenvalue weighted by Gasteiger charge is -2.18. The van der Waals surface area contributed by atoms with E-state index in [1.165, 1.54) is 0 Å². The Morgan fingerprint density at radius 2 is 1.72 bits per heavy atom. The largest absolute Gasteiger partial charge is 0.613 e. The number of ether oxygens (including phenoxy) is 2. The molecule has 0 saturated carbocycles. The van der Waals surface area contributed by atoms with E-state index >= 15 is 0 Å². The molecule has 98 valence electrons. The normalized spacial score (nSPS) is 11.7. The summed E-state index contributed by atoms with van der Waals surface area (Å²) in [6.07, 6.45) is 0.221. The van der Waals surface area contributed by atoms with E-state index in [9.17, 15) is 9.90 Å². The van der Waals surface area contributed by atoms with Gasteiger partial charge in [-0.05, 0) is 19.1 Å². The summed E-state index contributed by atoms with van der Waals surface area (Å²) in [5, 5.41) is 11.7. The molecule has 0 fully saturated rings. The summed E-state index contributed by atoms with van der Waals surface area (Å²) < 4.78 is 9.73. The van der Waals surface area contributed by atoms with Crippen molar-refractivity contribution in [1.82, 2.24) is 0 Å². The fraction of sp³-hybridized carbons (Fsp3) is 0.357. The summed E-state index contributed by atoms with van der Waals surface area (Å²) in [5.41, 5.74) is 0.901. The molecule has 18 heavy (non-hydrogen) atoms. The summed E-state index contributed by atoms with van der Waals surface area (Å²) in [7, 11) is 0. The molecule has 0 spiro atoms. The summed E-state index contributed by atoms with van der Waals surface area (Å²) in [4.78, 5) is 11.7. The van der Waals surface area contributed by atoms with Gasteiger partial charge in [0.15, 0.2) is 0 Å². The van der Waals surface area contributed by atoms with Gasteiger partial charge in [0.25, 0.3) is 0 Å². The Morgan fingerprint density at radius 1 is 1.11 bits per heavy atom. The van der Waals surface area contributed by atoms with Crippen molar-refractivity contribution in [2.45, 2.75) is 20.3 Å². The maximum Gasteiger partial charge on any atom is 0.336 e. The first kappa shape index (κ1) is 14.1. The van der Waals surface area contributed by atoms with Gasteiger partial charge in [0.2, 0.25) is 0 Å². The molecule has 0 aliphatic carbocycles. The molecular formula is C14H17O4-. The second-order valence-corrected chi connectivity index (χ2v) is 3.58. The molecule has 0 heterocycles. The number of carbonyl (C=O) groups is 1. The summed E-state index contributed by atoms with van der Waals surface area (Å²) in [5.74, 6) is -1.22. The number of hydrogen-bond acceptors (Lipinski definition) is 4. The first-order valence-electron chi connectivity index (χ1n) is 5.93. The van der Waals surface area contributed by atoms with Gasteiger partial charge in [-0.15, -0.1) is 0 Å². The SMILES string of the molecule is CCOC(=O)/C(Cc1ccccc1)=C(/[O-])OCC. The quantitative estimate of drug-likeness (QED) is 0.434. The molecule has 1 aromatic carbocycles. The van der Waals surface area contributed by atoms with Gasteiger partial charge < -0.3 is 14.6 Å². The summed E-state index contributed by atoms with van der Waals surface area (Å²) in [6, 6.07) is 9.27. The Morgan fingerprint density at radius 3 is 2.28 bits per heavy atom. The zero-order valence-corrected chi connectivity index (χ0v) is 10.6. The van der Waals surface area contributed by atoms with Gasteiger partial charge in [-0.25, -0.2) is 4.79 Å². The van der Waals surface area contributed by atoms with Crippen molar-refractivity contribution in [3.05, 3.63) is 47.4 Å². The van der Waals surface area contributed by atoms with Gasteiger partial charge in [-0.2, -0.15) is 0 Å². The molecule has 0 N–H and O–H groups in total. The topological polar surface area (TPSA) is 58.6 Å². The van der Waals surface area contributed by atoms with Gasteiger partial charge in [0.05, 0.1) is 18.1 Å². The Labute approximate surface area is 107 Å². The molecule has 0 aromatic heterocycles. The molecule has 1 rings (SSSR count). The van der Waals surface area contributed by atoms with Crippen molar-refractivity contribution in [2.24, 2.45) is 0 Å². The molecule has 4 nitrogen and oxygen atoms in total. The molecule has 0 saturated heterocycles. The van der Waals surface area contributed by atoms with Crippen molar-refractivity contribution >= 4 is 5.97 Å². The van der Waals surface area contributed by atoms with Crippen LogP contribution in [0.3, 0.4) is 0 Å². The van der Waals surface area contributed by atoms with E-state index in [1.54, 1.807) is 13.8 Å². The van der Waals surface area contributed by atoms with Crippen LogP contribution in [0.5, 0.6) is 0 Å². The van der Waals surface area contributed by atoms with Gasteiger partial charge in [0.1, 0.15) is 0 Å². The lowest BCUT2D eigenvalue weighted by Crippen LogP contribution is -2.20. The number of hydrogen-bond donors (Lipinski definition) is 0. The maximum atomic E-state index is 11.7. The number of esters is 1. The molecule has 0 atom stereocenters. The third kappa shape index (κ3) is 4.13. The molecule has 0 aliphatic rings. The van der Waals surface area contributed by atoms with Crippen LogP contribution in [-0.2, 0) is 20.7 Å². The maximum absolute atomic E-state index is 11.7. The van der Waals surface area contributed by atoms with Crippen molar-refractivity contribution in [3.8, 4) is 0 Å². The van der Waals surface area contributed by atoms with Crippen LogP contribution in [0.4, 0.5) is 0 Å². The highest BCUT2D eigenvalue weighted by Gasteiger charge is 2.13. The van der Waals surface area contributed by atoms with Crippen molar-refractivity contribution in [1.29, 1.82) is 0 Å². The monoisotopic (exact) mass is 249 g/mol. The molecule has 4 heteroatoms. The van der Waals surface area contributed by atoms with E-state index < -0.39 is 11.9 Å². The molecule has 0 radical (unpaired) electrons. The zero-order chi connectivity index (χ0) is 13.4. The van der Waals surface area contributed by atoms with Crippen LogP contribution in [0.25, 0.3) is 0 Å². The highest BCUT2D eigenvalue weighted by molar-refractivity contribution is 5.89. The van der Waals surface area contributed by atoms with E-state index in [2.05, 4.69) is 0 Å². The highest BCUT2D eigenvalue weighted by Crippen LogP contribution is 2.12. The van der Waals surface area contributed by atoms with Crippen LogP contribution >= 0.6 is 0 Å². The average molecular weight is 249 g/mol. The van der Waals surface area contributed by atoms with Gasteiger partial charge >= 0.3 is 5.97 Å². The second kappa shape index (κ2) is 7.37. The van der Waals surface area contributed by atoms with E-state index in [0.29, 0.717) is 0 Å². The molecule has 0 bridgehead atoms. The Kier molecular flexibility index (Phi) is 5.77. The smallest absolute Gasteiger partial charge is 0.336 e. The van der Waals surface area contributed by atoms with E-state index in [1.807, 2.05) is 30.3 Å². The predicted octanol–water partition coefficient (Wildman–Crippen LogP) is 1.40. The van der Waals surface area contributed by atoms with Crippen LogP contribution in [-0.4, -0.2) is 19.2 Å². The summed E-state index contributed by atoms with van der Waals surface area (Å²) in [6.45, 7) is 3.86. The third-order valence-electron chi connectivity index (χ3n) is 2.27. The van der Waals surface area contributed by atoms with Gasteiger partial charge in [-0.3, -0.25) is 0 Å². The highest BCUT2D eigenvalue weighted by atomic mass is 16.6. The van der Waals surface area contributed by atoms with Crippen LogP contribution < -0.4 is 5.11 Å². The minimum absolute atomic E-state index is 0.0323. The minimum atomic E-state index is -0.611. The van der Waals surface area contributed by atoms with Crippen molar-refractivity contribution < 1.29 is 19.4 Å². The average Bonchev–Trinajstić information content (AvgIpc) is 2.37. The molecule has 0 unspecified atom stereocenters. The standard InChI is InChI=1S/C14H18O4/c1-3-17-13(15)12(14(16)18-4-2)10-11-8-6-5-7-9-11/h5-9,15H,3-4,10H2,1-2H3/p-1/b13-12-. The number of rotatable bonds is 6. The molecular weight excluding hydrogens is 232 g/mol. The summed E-state index contributed by atoms with van der Waals surface area (Å²) >= 11 is 0. The van der Waals surface area contributed by atoms with Crippen LogP contribution in [0.2, 0.25) is 0 Å². The molecule has 0 amide bonds. The first-order chi connectivity index (χ1) is 8.69. The van der Waals surface area contributed by atoms with Crippen LogP contribution in [0.15, 0.2) is 41.9 Å². The van der Waals surface area contributed by atoms with Crippen LogP contribution in [0.1, 0.15) is 19.4 Å². The van der Waals surface area contributed by atoms with Crippen LogP contribution in [0, 0.1) is 0 Å². The minimum Gasteiger partial charge on any atom is -0.613 e. The molecule has 0 aliphatic heterocycles. The lowest BCUT2D eigenvalue weighted by molar-refractivity contribution is -0.358. The number of carbonyl (C=O) groups excluding carboxylic acids is 1. The van der Waals surface area contributed by atoms with E-state index in [-0.39, 0.29) is 25.2 Å². The Bertz CT molecular complexity index is 409. The lowest BCUT2D eigenvalue weighted by atomic mass is 10.1. The zero-order valence-electron chi connectivity index (χ0n) is 10.6. The van der Waals surface area contributed by atoms with Gasteiger partial charge in [0, 0.05) is 6.42 Å².